The first-order chi connectivity index (χ1) is 9.20. The number of hydrogen-bond donors (Lipinski definition) is 0. The fraction of sp³-hybridized carbons (Fsp3) is 0.429. The van der Waals surface area contributed by atoms with Gasteiger partial charge in [0.1, 0.15) is 11.6 Å². The van der Waals surface area contributed by atoms with Crippen LogP contribution in [0.3, 0.4) is 0 Å². The minimum absolute atomic E-state index is 0. The highest BCUT2D eigenvalue weighted by molar-refractivity contribution is 5.74. The Bertz CT molecular complexity index is 592. The SMILES string of the molecule is C[N+]1(CC#N)CCN(c2nc3ccccc3o2)CC1.[Br-]. The zero-order chi connectivity index (χ0) is 13.3. The van der Waals surface area contributed by atoms with E-state index in [-0.39, 0.29) is 17.0 Å². The first-order valence-electron chi connectivity index (χ1n) is 6.51. The smallest absolute Gasteiger partial charge is 0.298 e. The first-order valence-corrected chi connectivity index (χ1v) is 6.51. The quantitative estimate of drug-likeness (QED) is 0.501. The third kappa shape index (κ3) is 2.79. The van der Waals surface area contributed by atoms with Crippen LogP contribution in [0.5, 0.6) is 0 Å². The van der Waals surface area contributed by atoms with Gasteiger partial charge >= 0.3 is 0 Å². The van der Waals surface area contributed by atoms with E-state index in [1.54, 1.807) is 0 Å². The van der Waals surface area contributed by atoms with Crippen LogP contribution in [0.2, 0.25) is 0 Å². The molecule has 0 saturated carbocycles. The Hall–Kier alpha value is -1.58. The Labute approximate surface area is 128 Å². The molecule has 1 saturated heterocycles. The number of nitriles is 1. The molecule has 0 amide bonds. The molecule has 20 heavy (non-hydrogen) atoms. The summed E-state index contributed by atoms with van der Waals surface area (Å²) in [4.78, 5) is 6.68. The number of rotatable bonds is 2. The lowest BCUT2D eigenvalue weighted by molar-refractivity contribution is -0.903. The molecule has 1 aromatic carbocycles. The number of halogens is 1. The van der Waals surface area contributed by atoms with E-state index in [4.69, 9.17) is 9.68 Å². The number of quaternary nitrogens is 1. The lowest BCUT2D eigenvalue weighted by Gasteiger charge is -2.39. The highest BCUT2D eigenvalue weighted by Crippen LogP contribution is 2.23. The fourth-order valence-electron chi connectivity index (χ4n) is 2.46. The van der Waals surface area contributed by atoms with Crippen LogP contribution in [0.1, 0.15) is 0 Å². The molecule has 0 radical (unpaired) electrons. The van der Waals surface area contributed by atoms with Gasteiger partial charge < -0.3 is 30.8 Å². The average molecular weight is 337 g/mol. The summed E-state index contributed by atoms with van der Waals surface area (Å²) in [7, 11) is 2.13. The lowest BCUT2D eigenvalue weighted by Crippen LogP contribution is -3.00. The Morgan fingerprint density at radius 3 is 2.70 bits per heavy atom. The molecule has 1 fully saturated rings. The molecule has 5 nitrogen and oxygen atoms in total. The minimum Gasteiger partial charge on any atom is -1.00 e. The molecule has 1 aliphatic heterocycles. The largest absolute Gasteiger partial charge is 1.00 e. The molecule has 106 valence electrons. The van der Waals surface area contributed by atoms with Gasteiger partial charge in [0.2, 0.25) is 0 Å². The molecule has 0 unspecified atom stereocenters. The van der Waals surface area contributed by atoms with E-state index in [2.05, 4.69) is 23.0 Å². The molecular weight excluding hydrogens is 320 g/mol. The molecule has 2 aromatic rings. The van der Waals surface area contributed by atoms with Gasteiger partial charge in [-0.3, -0.25) is 0 Å². The Morgan fingerprint density at radius 2 is 2.05 bits per heavy atom. The molecule has 1 aliphatic rings. The Morgan fingerprint density at radius 1 is 1.35 bits per heavy atom. The van der Waals surface area contributed by atoms with Gasteiger partial charge in [0.05, 0.1) is 33.2 Å². The number of para-hydroxylation sites is 2. The molecular formula is C14H17BrN4O. The Balaban J connectivity index is 0.00000147. The number of nitrogens with zero attached hydrogens (tertiary/aromatic N) is 4. The maximum Gasteiger partial charge on any atom is 0.298 e. The number of benzene rings is 1. The normalized spacial score (nSPS) is 17.5. The first kappa shape index (κ1) is 14.8. The fourth-order valence-corrected chi connectivity index (χ4v) is 2.46. The van der Waals surface area contributed by atoms with E-state index in [0.717, 1.165) is 41.8 Å². The van der Waals surface area contributed by atoms with E-state index in [1.807, 2.05) is 24.3 Å². The average Bonchev–Trinajstić information content (AvgIpc) is 2.83. The molecule has 2 heterocycles. The predicted molar refractivity (Wildman–Crippen MR) is 72.6 cm³/mol. The summed E-state index contributed by atoms with van der Waals surface area (Å²) < 4.78 is 6.59. The minimum atomic E-state index is 0. The lowest BCUT2D eigenvalue weighted by atomic mass is 10.3. The van der Waals surface area contributed by atoms with E-state index in [9.17, 15) is 0 Å². The molecule has 1 aromatic heterocycles. The maximum absolute atomic E-state index is 8.85. The van der Waals surface area contributed by atoms with Gasteiger partial charge in [-0.15, -0.1) is 0 Å². The van der Waals surface area contributed by atoms with Crippen molar-refractivity contribution < 1.29 is 25.9 Å². The second kappa shape index (κ2) is 5.81. The van der Waals surface area contributed by atoms with Crippen LogP contribution in [-0.2, 0) is 0 Å². The summed E-state index contributed by atoms with van der Waals surface area (Å²) >= 11 is 0. The zero-order valence-electron chi connectivity index (χ0n) is 11.4. The second-order valence-corrected chi connectivity index (χ2v) is 5.33. The predicted octanol–water partition coefficient (Wildman–Crippen LogP) is -1.38. The van der Waals surface area contributed by atoms with Crippen LogP contribution in [-0.4, -0.2) is 49.2 Å². The van der Waals surface area contributed by atoms with Crippen molar-refractivity contribution in [3.8, 4) is 6.07 Å². The van der Waals surface area contributed by atoms with Gasteiger partial charge in [0, 0.05) is 0 Å². The number of oxazole rings is 1. The molecule has 0 spiro atoms. The monoisotopic (exact) mass is 336 g/mol. The van der Waals surface area contributed by atoms with Crippen LogP contribution in [0.15, 0.2) is 28.7 Å². The number of aromatic nitrogens is 1. The van der Waals surface area contributed by atoms with E-state index in [0.29, 0.717) is 12.6 Å². The third-order valence-corrected chi connectivity index (χ3v) is 3.83. The van der Waals surface area contributed by atoms with Gasteiger partial charge in [-0.1, -0.05) is 12.1 Å². The van der Waals surface area contributed by atoms with Crippen molar-refractivity contribution in [2.24, 2.45) is 0 Å². The highest BCUT2D eigenvalue weighted by Gasteiger charge is 2.30. The topological polar surface area (TPSA) is 53.1 Å². The van der Waals surface area contributed by atoms with Crippen molar-refractivity contribution in [2.45, 2.75) is 0 Å². The van der Waals surface area contributed by atoms with E-state index in [1.165, 1.54) is 0 Å². The highest BCUT2D eigenvalue weighted by atomic mass is 79.9. The van der Waals surface area contributed by atoms with Gasteiger partial charge in [-0.25, -0.2) is 0 Å². The van der Waals surface area contributed by atoms with Crippen molar-refractivity contribution in [2.75, 3.05) is 44.7 Å². The van der Waals surface area contributed by atoms with Gasteiger partial charge in [0.25, 0.3) is 6.01 Å². The number of fused-ring (bicyclic) bond motifs is 1. The number of hydrogen-bond acceptors (Lipinski definition) is 4. The van der Waals surface area contributed by atoms with Crippen molar-refractivity contribution in [3.05, 3.63) is 24.3 Å². The summed E-state index contributed by atoms with van der Waals surface area (Å²) in [5, 5.41) is 8.85. The van der Waals surface area contributed by atoms with Crippen molar-refractivity contribution in [1.82, 2.24) is 4.98 Å². The van der Waals surface area contributed by atoms with Crippen LogP contribution in [0.4, 0.5) is 6.01 Å². The van der Waals surface area contributed by atoms with Crippen molar-refractivity contribution in [1.29, 1.82) is 5.26 Å². The van der Waals surface area contributed by atoms with E-state index < -0.39 is 0 Å². The second-order valence-electron chi connectivity index (χ2n) is 5.33. The summed E-state index contributed by atoms with van der Waals surface area (Å²) in [6.45, 7) is 4.23. The number of anilines is 1. The molecule has 0 N–H and O–H groups in total. The van der Waals surface area contributed by atoms with Gasteiger partial charge in [-0.2, -0.15) is 10.2 Å². The van der Waals surface area contributed by atoms with Crippen LogP contribution < -0.4 is 21.9 Å². The van der Waals surface area contributed by atoms with Gasteiger partial charge in [0.15, 0.2) is 12.1 Å². The summed E-state index contributed by atoms with van der Waals surface area (Å²) in [5.41, 5.74) is 1.73. The molecule has 3 rings (SSSR count). The summed E-state index contributed by atoms with van der Waals surface area (Å²) in [5.74, 6) is 0. The molecule has 0 atom stereocenters. The van der Waals surface area contributed by atoms with E-state index >= 15 is 0 Å². The Kier molecular flexibility index (Phi) is 4.31. The third-order valence-electron chi connectivity index (χ3n) is 3.83. The van der Waals surface area contributed by atoms with Crippen LogP contribution in [0.25, 0.3) is 11.1 Å². The number of piperazine rings is 1. The maximum atomic E-state index is 8.85. The standard InChI is InChI=1S/C14H17N4O.BrH/c1-18(9-6-15)10-7-17(8-11-18)14-16-12-4-2-3-5-13(12)19-14;/h2-5H,7-11H2,1H3;1H/q+1;/p-1. The van der Waals surface area contributed by atoms with Crippen LogP contribution >= 0.6 is 0 Å². The molecule has 6 heteroatoms. The zero-order valence-corrected chi connectivity index (χ0v) is 13.0. The summed E-state index contributed by atoms with van der Waals surface area (Å²) in [6, 6.07) is 10.8. The van der Waals surface area contributed by atoms with Crippen molar-refractivity contribution in [3.63, 3.8) is 0 Å². The number of likely N-dealkylation sites (N-methyl/N-ethyl adjacent to an activating group) is 1. The van der Waals surface area contributed by atoms with Gasteiger partial charge in [-0.05, 0) is 12.1 Å². The van der Waals surface area contributed by atoms with Crippen LogP contribution in [0, 0.1) is 11.3 Å². The summed E-state index contributed by atoms with van der Waals surface area (Å²) in [6.07, 6.45) is 0. The molecule has 0 bridgehead atoms. The molecule has 0 aliphatic carbocycles. The van der Waals surface area contributed by atoms with Crippen molar-refractivity contribution >= 4 is 17.1 Å².